The first-order chi connectivity index (χ1) is 10.8. The van der Waals surface area contributed by atoms with Gasteiger partial charge in [0.2, 0.25) is 0 Å². The molecule has 1 heterocycles. The Morgan fingerprint density at radius 2 is 1.73 bits per heavy atom. The van der Waals surface area contributed by atoms with E-state index >= 15 is 0 Å². The second kappa shape index (κ2) is 6.66. The van der Waals surface area contributed by atoms with E-state index in [1.807, 2.05) is 72.3 Å². The topological polar surface area (TPSA) is 39.9 Å². The molecule has 0 aliphatic carbocycles. The van der Waals surface area contributed by atoms with Crippen LogP contribution in [0.15, 0.2) is 59.8 Å². The minimum atomic E-state index is 0.382. The van der Waals surface area contributed by atoms with Gasteiger partial charge in [0, 0.05) is 5.69 Å². The van der Waals surface area contributed by atoms with E-state index in [9.17, 15) is 0 Å². The van der Waals surface area contributed by atoms with Gasteiger partial charge in [-0.2, -0.15) is 0 Å². The highest BCUT2D eigenvalue weighted by Gasteiger charge is 2.13. The molecule has 0 saturated carbocycles. The number of aryl methyl sites for hydroxylation is 1. The predicted octanol–water partition coefficient (Wildman–Crippen LogP) is 3.88. The van der Waals surface area contributed by atoms with Crippen LogP contribution < -0.4 is 4.74 Å². The Hall–Kier alpha value is -2.27. The summed E-state index contributed by atoms with van der Waals surface area (Å²) in [6.45, 7) is 2.41. The van der Waals surface area contributed by atoms with Crippen LogP contribution in [-0.4, -0.2) is 21.0 Å². The van der Waals surface area contributed by atoms with Crippen LogP contribution >= 0.6 is 11.8 Å². The molecule has 0 spiro atoms. The summed E-state index contributed by atoms with van der Waals surface area (Å²) >= 11 is 1.57. The van der Waals surface area contributed by atoms with Crippen molar-refractivity contribution in [2.45, 2.75) is 18.7 Å². The highest BCUT2D eigenvalue weighted by atomic mass is 32.2. The number of hydrogen-bond donors (Lipinski definition) is 0. The van der Waals surface area contributed by atoms with Crippen molar-refractivity contribution in [3.8, 4) is 11.4 Å². The SMILES string of the molecule is CSc1nnc(COc2ccccc2C)n1-c1ccccc1. The molecular weight excluding hydrogens is 294 g/mol. The van der Waals surface area contributed by atoms with Gasteiger partial charge in [-0.25, -0.2) is 0 Å². The molecule has 3 rings (SSSR count). The van der Waals surface area contributed by atoms with Crippen LogP contribution in [0.4, 0.5) is 0 Å². The molecule has 0 atom stereocenters. The third-order valence-electron chi connectivity index (χ3n) is 3.35. The second-order valence-corrected chi connectivity index (χ2v) is 5.60. The van der Waals surface area contributed by atoms with Crippen LogP contribution in [0.25, 0.3) is 5.69 Å². The molecule has 112 valence electrons. The summed E-state index contributed by atoms with van der Waals surface area (Å²) in [6, 6.07) is 18.1. The van der Waals surface area contributed by atoms with E-state index in [4.69, 9.17) is 4.74 Å². The van der Waals surface area contributed by atoms with Gasteiger partial charge in [-0.05, 0) is 36.9 Å². The van der Waals surface area contributed by atoms with E-state index in [1.165, 1.54) is 0 Å². The minimum absolute atomic E-state index is 0.382. The zero-order chi connectivity index (χ0) is 15.4. The smallest absolute Gasteiger partial charge is 0.195 e. The standard InChI is InChI=1S/C17H17N3OS/c1-13-8-6-7-11-15(13)21-12-16-18-19-17(22-2)20(16)14-9-4-3-5-10-14/h3-11H,12H2,1-2H3. The molecular formula is C17H17N3OS. The lowest BCUT2D eigenvalue weighted by Gasteiger charge is -2.11. The summed E-state index contributed by atoms with van der Waals surface area (Å²) in [7, 11) is 0. The molecule has 1 aromatic heterocycles. The fourth-order valence-electron chi connectivity index (χ4n) is 2.22. The van der Waals surface area contributed by atoms with Crippen LogP contribution in [0.2, 0.25) is 0 Å². The number of aromatic nitrogens is 3. The molecule has 0 saturated heterocycles. The van der Waals surface area contributed by atoms with Crippen molar-refractivity contribution >= 4 is 11.8 Å². The molecule has 0 aliphatic rings. The van der Waals surface area contributed by atoms with Crippen molar-refractivity contribution in [3.63, 3.8) is 0 Å². The zero-order valence-electron chi connectivity index (χ0n) is 12.6. The quantitative estimate of drug-likeness (QED) is 0.671. The van der Waals surface area contributed by atoms with Crippen molar-refractivity contribution in [2.24, 2.45) is 0 Å². The Bertz CT molecular complexity index is 756. The fraction of sp³-hybridized carbons (Fsp3) is 0.176. The number of nitrogens with zero attached hydrogens (tertiary/aromatic N) is 3. The molecule has 0 unspecified atom stereocenters. The van der Waals surface area contributed by atoms with Gasteiger partial charge in [0.1, 0.15) is 12.4 Å². The van der Waals surface area contributed by atoms with Crippen LogP contribution in [0.5, 0.6) is 5.75 Å². The molecule has 0 N–H and O–H groups in total. The first-order valence-corrected chi connectivity index (χ1v) is 8.24. The average molecular weight is 311 g/mol. The monoisotopic (exact) mass is 311 g/mol. The van der Waals surface area contributed by atoms with Crippen molar-refractivity contribution in [1.29, 1.82) is 0 Å². The highest BCUT2D eigenvalue weighted by Crippen LogP contribution is 2.22. The Labute approximate surface area is 134 Å². The van der Waals surface area contributed by atoms with Crippen molar-refractivity contribution in [3.05, 3.63) is 66.0 Å². The summed E-state index contributed by atoms with van der Waals surface area (Å²) in [5.41, 5.74) is 2.15. The molecule has 3 aromatic rings. The third kappa shape index (κ3) is 2.99. The maximum Gasteiger partial charge on any atom is 0.195 e. The van der Waals surface area contributed by atoms with Crippen molar-refractivity contribution < 1.29 is 4.74 Å². The van der Waals surface area contributed by atoms with E-state index in [0.717, 1.165) is 28.0 Å². The number of hydrogen-bond acceptors (Lipinski definition) is 4. The largest absolute Gasteiger partial charge is 0.485 e. The average Bonchev–Trinajstić information content (AvgIpc) is 2.98. The normalized spacial score (nSPS) is 10.6. The van der Waals surface area contributed by atoms with Gasteiger partial charge < -0.3 is 4.74 Å². The van der Waals surface area contributed by atoms with E-state index in [2.05, 4.69) is 10.2 Å². The lowest BCUT2D eigenvalue weighted by atomic mass is 10.2. The Balaban J connectivity index is 1.89. The zero-order valence-corrected chi connectivity index (χ0v) is 13.4. The summed E-state index contributed by atoms with van der Waals surface area (Å²) < 4.78 is 7.94. The van der Waals surface area contributed by atoms with Gasteiger partial charge in [0.15, 0.2) is 11.0 Å². The third-order valence-corrected chi connectivity index (χ3v) is 3.98. The van der Waals surface area contributed by atoms with Gasteiger partial charge >= 0.3 is 0 Å². The Kier molecular flexibility index (Phi) is 4.44. The summed E-state index contributed by atoms with van der Waals surface area (Å²) in [5, 5.41) is 9.37. The van der Waals surface area contributed by atoms with E-state index in [1.54, 1.807) is 11.8 Å². The van der Waals surface area contributed by atoms with E-state index < -0.39 is 0 Å². The lowest BCUT2D eigenvalue weighted by molar-refractivity contribution is 0.291. The van der Waals surface area contributed by atoms with Crippen LogP contribution in [0, 0.1) is 6.92 Å². The van der Waals surface area contributed by atoms with Crippen LogP contribution in [0.1, 0.15) is 11.4 Å². The molecule has 22 heavy (non-hydrogen) atoms. The van der Waals surface area contributed by atoms with Gasteiger partial charge in [-0.3, -0.25) is 4.57 Å². The van der Waals surface area contributed by atoms with Gasteiger partial charge in [-0.1, -0.05) is 48.2 Å². The first-order valence-electron chi connectivity index (χ1n) is 7.01. The van der Waals surface area contributed by atoms with Crippen molar-refractivity contribution in [2.75, 3.05) is 6.26 Å². The molecule has 5 heteroatoms. The molecule has 0 radical (unpaired) electrons. The van der Waals surface area contributed by atoms with Gasteiger partial charge in [0.25, 0.3) is 0 Å². The minimum Gasteiger partial charge on any atom is -0.485 e. The number of rotatable bonds is 5. The highest BCUT2D eigenvalue weighted by molar-refractivity contribution is 7.98. The lowest BCUT2D eigenvalue weighted by Crippen LogP contribution is -2.06. The number of ether oxygens (including phenoxy) is 1. The van der Waals surface area contributed by atoms with Crippen LogP contribution in [-0.2, 0) is 6.61 Å². The first kappa shape index (κ1) is 14.7. The Morgan fingerprint density at radius 1 is 1.00 bits per heavy atom. The molecule has 0 aliphatic heterocycles. The summed E-state index contributed by atoms with van der Waals surface area (Å²) in [5.74, 6) is 1.66. The Morgan fingerprint density at radius 3 is 2.45 bits per heavy atom. The van der Waals surface area contributed by atoms with Crippen LogP contribution in [0.3, 0.4) is 0 Å². The number of para-hydroxylation sites is 2. The second-order valence-electron chi connectivity index (χ2n) is 4.83. The molecule has 0 bridgehead atoms. The summed E-state index contributed by atoms with van der Waals surface area (Å²) in [6.07, 6.45) is 2.00. The predicted molar refractivity (Wildman–Crippen MR) is 88.7 cm³/mol. The van der Waals surface area contributed by atoms with Crippen molar-refractivity contribution in [1.82, 2.24) is 14.8 Å². The maximum atomic E-state index is 5.91. The van der Waals surface area contributed by atoms with E-state index in [-0.39, 0.29) is 0 Å². The van der Waals surface area contributed by atoms with E-state index in [0.29, 0.717) is 6.61 Å². The molecule has 4 nitrogen and oxygen atoms in total. The molecule has 0 fully saturated rings. The fourth-order valence-corrected chi connectivity index (χ4v) is 2.74. The molecule has 0 amide bonds. The molecule has 2 aromatic carbocycles. The number of thioether (sulfide) groups is 1. The van der Waals surface area contributed by atoms with Gasteiger partial charge in [0.05, 0.1) is 0 Å². The van der Waals surface area contributed by atoms with Gasteiger partial charge in [-0.15, -0.1) is 10.2 Å². The number of benzene rings is 2. The maximum absolute atomic E-state index is 5.91. The summed E-state index contributed by atoms with van der Waals surface area (Å²) in [4.78, 5) is 0.